The molecular weight excluding hydrogens is 477 g/mol. The van der Waals surface area contributed by atoms with Crippen LogP contribution < -0.4 is 20.7 Å². The van der Waals surface area contributed by atoms with Crippen LogP contribution in [0.2, 0.25) is 0 Å². The van der Waals surface area contributed by atoms with Gasteiger partial charge in [-0.05, 0) is 54.4 Å². The van der Waals surface area contributed by atoms with Crippen molar-refractivity contribution in [1.29, 1.82) is 0 Å². The van der Waals surface area contributed by atoms with Gasteiger partial charge in [-0.1, -0.05) is 30.3 Å². The maximum atomic E-state index is 13.4. The first-order valence-electron chi connectivity index (χ1n) is 12.2. The molecule has 2 aliphatic heterocycles. The van der Waals surface area contributed by atoms with E-state index in [1.54, 1.807) is 36.4 Å². The molecule has 0 aliphatic carbocycles. The standard InChI is InChI=1S/C28H28FN3O5/c29-18-6-4-5-17(11-18)15-30-26(34)14-21-13-23-22-12-20(32-28(35)31-19-7-2-1-3-8-19)9-10-24(22)37-27(23)25(16-33)36-21/h1-12,21,23,25,27,33H,13-16H2,(H,30,34)(H2,31,32,35)/t21-,23-,25+,27+/m0/s1. The Morgan fingerprint density at radius 1 is 0.973 bits per heavy atom. The van der Waals surface area contributed by atoms with Gasteiger partial charge in [-0.15, -0.1) is 0 Å². The van der Waals surface area contributed by atoms with E-state index < -0.39 is 12.2 Å². The molecule has 5 rings (SSSR count). The second-order valence-corrected chi connectivity index (χ2v) is 9.21. The highest BCUT2D eigenvalue weighted by atomic mass is 19.1. The van der Waals surface area contributed by atoms with Crippen molar-refractivity contribution >= 4 is 23.3 Å². The van der Waals surface area contributed by atoms with Gasteiger partial charge in [0.05, 0.1) is 19.1 Å². The maximum Gasteiger partial charge on any atom is 0.323 e. The lowest BCUT2D eigenvalue weighted by molar-refractivity contribution is -0.142. The predicted octanol–water partition coefficient (Wildman–Crippen LogP) is 4.17. The Hall–Kier alpha value is -3.95. The van der Waals surface area contributed by atoms with Crippen molar-refractivity contribution in [1.82, 2.24) is 5.32 Å². The molecule has 9 heteroatoms. The number of nitrogens with one attached hydrogen (secondary N) is 3. The van der Waals surface area contributed by atoms with Gasteiger partial charge < -0.3 is 30.5 Å². The molecule has 192 valence electrons. The van der Waals surface area contributed by atoms with Gasteiger partial charge in [0.2, 0.25) is 5.91 Å². The molecule has 0 unspecified atom stereocenters. The molecule has 0 saturated carbocycles. The Labute approximate surface area is 213 Å². The number of aliphatic hydroxyl groups is 1. The number of carbonyl (C=O) groups is 2. The highest BCUT2D eigenvalue weighted by molar-refractivity contribution is 5.99. The van der Waals surface area contributed by atoms with E-state index in [1.807, 2.05) is 24.3 Å². The van der Waals surface area contributed by atoms with Crippen LogP contribution in [0.4, 0.5) is 20.6 Å². The van der Waals surface area contributed by atoms with E-state index >= 15 is 0 Å². The quantitative estimate of drug-likeness (QED) is 0.386. The lowest BCUT2D eigenvalue weighted by Gasteiger charge is -2.37. The summed E-state index contributed by atoms with van der Waals surface area (Å²) in [4.78, 5) is 25.0. The molecular formula is C28H28FN3O5. The molecule has 2 aliphatic rings. The van der Waals surface area contributed by atoms with Crippen LogP contribution in [-0.2, 0) is 16.1 Å². The minimum atomic E-state index is -0.593. The van der Waals surface area contributed by atoms with Crippen molar-refractivity contribution in [3.63, 3.8) is 0 Å². The number of carbonyl (C=O) groups excluding carboxylic acids is 2. The monoisotopic (exact) mass is 505 g/mol. The van der Waals surface area contributed by atoms with E-state index in [2.05, 4.69) is 16.0 Å². The number of halogens is 1. The third-order valence-corrected chi connectivity index (χ3v) is 6.58. The van der Waals surface area contributed by atoms with E-state index in [0.29, 0.717) is 29.1 Å². The average molecular weight is 506 g/mol. The van der Waals surface area contributed by atoms with Crippen LogP contribution in [0, 0.1) is 5.82 Å². The molecule has 1 fully saturated rings. The number of urea groups is 1. The van der Waals surface area contributed by atoms with Crippen molar-refractivity contribution in [3.8, 4) is 5.75 Å². The Balaban J connectivity index is 1.23. The lowest BCUT2D eigenvalue weighted by Crippen LogP contribution is -2.47. The number of amides is 3. The number of fused-ring (bicyclic) bond motifs is 3. The molecule has 2 heterocycles. The minimum Gasteiger partial charge on any atom is -0.487 e. The second-order valence-electron chi connectivity index (χ2n) is 9.21. The summed E-state index contributed by atoms with van der Waals surface area (Å²) in [6.07, 6.45) is -0.799. The summed E-state index contributed by atoms with van der Waals surface area (Å²) >= 11 is 0. The zero-order valence-corrected chi connectivity index (χ0v) is 20.0. The fourth-order valence-electron chi connectivity index (χ4n) is 4.91. The van der Waals surface area contributed by atoms with Crippen molar-refractivity contribution in [2.45, 2.75) is 43.6 Å². The van der Waals surface area contributed by atoms with Crippen LogP contribution in [0.3, 0.4) is 0 Å². The van der Waals surface area contributed by atoms with E-state index in [4.69, 9.17) is 9.47 Å². The summed E-state index contributed by atoms with van der Waals surface area (Å²) in [5, 5.41) is 18.4. The van der Waals surface area contributed by atoms with Crippen LogP contribution in [0.1, 0.15) is 29.9 Å². The zero-order chi connectivity index (χ0) is 25.8. The number of ether oxygens (including phenoxy) is 2. The van der Waals surface area contributed by atoms with Crippen LogP contribution in [-0.4, -0.2) is 42.0 Å². The SMILES string of the molecule is O=C(C[C@@H]1C[C@H]2c3cc(NC(=O)Nc4ccccc4)ccc3O[C@H]2[C@@H](CO)O1)NCc1cccc(F)c1. The predicted molar refractivity (Wildman–Crippen MR) is 136 cm³/mol. The summed E-state index contributed by atoms with van der Waals surface area (Å²) < 4.78 is 25.5. The first-order valence-corrected chi connectivity index (χ1v) is 12.2. The number of hydrogen-bond acceptors (Lipinski definition) is 5. The molecule has 0 aromatic heterocycles. The number of rotatable bonds is 7. The fourth-order valence-corrected chi connectivity index (χ4v) is 4.91. The summed E-state index contributed by atoms with van der Waals surface area (Å²) in [5.41, 5.74) is 2.85. The highest BCUT2D eigenvalue weighted by Crippen LogP contribution is 2.47. The molecule has 0 bridgehead atoms. The normalized spacial score (nSPS) is 21.8. The largest absolute Gasteiger partial charge is 0.487 e. The van der Waals surface area contributed by atoms with Gasteiger partial charge in [-0.25, -0.2) is 9.18 Å². The van der Waals surface area contributed by atoms with Gasteiger partial charge in [0, 0.05) is 29.4 Å². The lowest BCUT2D eigenvalue weighted by atomic mass is 9.84. The molecule has 3 aromatic carbocycles. The molecule has 8 nitrogen and oxygen atoms in total. The zero-order valence-electron chi connectivity index (χ0n) is 20.0. The third kappa shape index (κ3) is 5.90. The van der Waals surface area contributed by atoms with E-state index in [-0.39, 0.29) is 49.3 Å². The van der Waals surface area contributed by atoms with Gasteiger partial charge in [0.25, 0.3) is 0 Å². The van der Waals surface area contributed by atoms with Crippen LogP contribution in [0.5, 0.6) is 5.75 Å². The highest BCUT2D eigenvalue weighted by Gasteiger charge is 2.46. The first-order chi connectivity index (χ1) is 18.0. The van der Waals surface area contributed by atoms with Gasteiger partial charge in [0.1, 0.15) is 23.8 Å². The molecule has 3 aromatic rings. The first kappa shape index (κ1) is 24.7. The molecule has 37 heavy (non-hydrogen) atoms. The van der Waals surface area contributed by atoms with E-state index in [1.165, 1.54) is 12.1 Å². The Kier molecular flexibility index (Phi) is 7.34. The van der Waals surface area contributed by atoms with Crippen molar-refractivity contribution < 1.29 is 28.6 Å². The van der Waals surface area contributed by atoms with Crippen LogP contribution in [0.15, 0.2) is 72.8 Å². The maximum absolute atomic E-state index is 13.4. The van der Waals surface area contributed by atoms with Crippen molar-refractivity contribution in [3.05, 3.63) is 89.7 Å². The van der Waals surface area contributed by atoms with Crippen LogP contribution in [0.25, 0.3) is 0 Å². The number of anilines is 2. The number of aliphatic hydroxyl groups excluding tert-OH is 1. The molecule has 0 radical (unpaired) electrons. The smallest absolute Gasteiger partial charge is 0.323 e. The molecule has 4 atom stereocenters. The second kappa shape index (κ2) is 11.0. The third-order valence-electron chi connectivity index (χ3n) is 6.58. The summed E-state index contributed by atoms with van der Waals surface area (Å²) in [7, 11) is 0. The Bertz CT molecular complexity index is 1270. The van der Waals surface area contributed by atoms with Crippen molar-refractivity contribution in [2.24, 2.45) is 0 Å². The van der Waals surface area contributed by atoms with E-state index in [0.717, 1.165) is 5.56 Å². The summed E-state index contributed by atoms with van der Waals surface area (Å²) in [6.45, 7) is -0.0357. The Morgan fingerprint density at radius 2 is 1.78 bits per heavy atom. The van der Waals surface area contributed by atoms with Gasteiger partial charge in [0.15, 0.2) is 0 Å². The molecule has 3 amide bonds. The van der Waals surface area contributed by atoms with Gasteiger partial charge >= 0.3 is 6.03 Å². The van der Waals surface area contributed by atoms with Crippen LogP contribution >= 0.6 is 0 Å². The molecule has 0 spiro atoms. The summed E-state index contributed by atoms with van der Waals surface area (Å²) in [6, 6.07) is 20.3. The van der Waals surface area contributed by atoms with Crippen molar-refractivity contribution in [2.75, 3.05) is 17.2 Å². The number of hydrogen-bond donors (Lipinski definition) is 4. The fraction of sp³-hybridized carbons (Fsp3) is 0.286. The topological polar surface area (TPSA) is 109 Å². The molecule has 1 saturated heterocycles. The Morgan fingerprint density at radius 3 is 2.57 bits per heavy atom. The average Bonchev–Trinajstić information content (AvgIpc) is 3.25. The number of para-hydroxylation sites is 1. The van der Waals surface area contributed by atoms with E-state index in [9.17, 15) is 19.1 Å². The number of benzene rings is 3. The van der Waals surface area contributed by atoms with Gasteiger partial charge in [-0.2, -0.15) is 0 Å². The molecule has 4 N–H and O–H groups in total. The van der Waals surface area contributed by atoms with Gasteiger partial charge in [-0.3, -0.25) is 4.79 Å². The summed E-state index contributed by atoms with van der Waals surface area (Å²) in [5.74, 6) is -0.0230. The minimum absolute atomic E-state index is 0.0990.